The third kappa shape index (κ3) is 4.35. The van der Waals surface area contributed by atoms with Crippen LogP contribution in [0.3, 0.4) is 0 Å². The molecule has 0 fully saturated rings. The molecule has 0 aliphatic heterocycles. The van der Waals surface area contributed by atoms with E-state index >= 15 is 0 Å². The Morgan fingerprint density at radius 1 is 1.47 bits per heavy atom. The number of halogens is 3. The lowest BCUT2D eigenvalue weighted by atomic mass is 10.4. The van der Waals surface area contributed by atoms with Crippen LogP contribution in [0.1, 0.15) is 10.5 Å². The highest BCUT2D eigenvalue weighted by molar-refractivity contribution is 5.89. The zero-order valence-electron chi connectivity index (χ0n) is 8.95. The Morgan fingerprint density at radius 2 is 2.12 bits per heavy atom. The largest absolute Gasteiger partial charge is 0.522 e. The minimum Gasteiger partial charge on any atom is -0.459 e. The normalized spacial score (nSPS) is 11.5. The van der Waals surface area contributed by atoms with Gasteiger partial charge in [-0.15, -0.1) is 13.2 Å². The second-order valence-electron chi connectivity index (χ2n) is 3.20. The number of nitrogens with two attached hydrogens (primary N) is 1. The van der Waals surface area contributed by atoms with Gasteiger partial charge < -0.3 is 15.0 Å². The van der Waals surface area contributed by atoms with E-state index in [4.69, 9.17) is 5.73 Å². The number of alkyl halides is 3. The van der Waals surface area contributed by atoms with Crippen molar-refractivity contribution in [2.75, 3.05) is 18.9 Å². The van der Waals surface area contributed by atoms with Gasteiger partial charge in [0, 0.05) is 13.2 Å². The predicted molar refractivity (Wildman–Crippen MR) is 52.1 cm³/mol. The van der Waals surface area contributed by atoms with Crippen molar-refractivity contribution in [3.05, 3.63) is 18.0 Å². The van der Waals surface area contributed by atoms with E-state index < -0.39 is 25.5 Å². The summed E-state index contributed by atoms with van der Waals surface area (Å²) in [5, 5.41) is 0. The number of rotatable bonds is 4. The Morgan fingerprint density at radius 3 is 2.59 bits per heavy atom. The molecule has 96 valence electrons. The van der Waals surface area contributed by atoms with E-state index in [1.807, 2.05) is 0 Å². The molecule has 17 heavy (non-hydrogen) atoms. The van der Waals surface area contributed by atoms with E-state index in [9.17, 15) is 18.0 Å². The molecular formula is C9H11F3N2O3. The van der Waals surface area contributed by atoms with Crippen molar-refractivity contribution in [1.82, 2.24) is 4.57 Å². The van der Waals surface area contributed by atoms with Crippen LogP contribution >= 0.6 is 0 Å². The zero-order valence-corrected chi connectivity index (χ0v) is 8.95. The summed E-state index contributed by atoms with van der Waals surface area (Å²) in [5.74, 6) is -0.755. The van der Waals surface area contributed by atoms with Gasteiger partial charge in [0.1, 0.15) is 12.3 Å². The first-order valence-corrected chi connectivity index (χ1v) is 4.59. The second-order valence-corrected chi connectivity index (χ2v) is 3.20. The van der Waals surface area contributed by atoms with Gasteiger partial charge in [0.2, 0.25) is 0 Å². The van der Waals surface area contributed by atoms with E-state index in [1.54, 1.807) is 7.05 Å². The van der Waals surface area contributed by atoms with E-state index in [0.717, 1.165) is 0 Å². The summed E-state index contributed by atoms with van der Waals surface area (Å²) in [6.45, 7) is -1.22. The molecule has 8 heteroatoms. The smallest absolute Gasteiger partial charge is 0.459 e. The number of carbonyl (C=O) groups is 1. The molecular weight excluding hydrogens is 241 g/mol. The fraction of sp³-hybridized carbons (Fsp3) is 0.444. The molecule has 1 rings (SSSR count). The summed E-state index contributed by atoms with van der Waals surface area (Å²) in [4.78, 5) is 11.4. The summed E-state index contributed by atoms with van der Waals surface area (Å²) in [7, 11) is 1.57. The topological polar surface area (TPSA) is 66.5 Å². The van der Waals surface area contributed by atoms with Crippen molar-refractivity contribution in [1.29, 1.82) is 0 Å². The number of ether oxygens (including phenoxy) is 2. The van der Waals surface area contributed by atoms with E-state index in [-0.39, 0.29) is 5.69 Å². The number of nitrogen functional groups attached to an aromatic ring is 1. The maximum absolute atomic E-state index is 11.6. The summed E-state index contributed by atoms with van der Waals surface area (Å²) < 4.78 is 44.2. The van der Waals surface area contributed by atoms with Gasteiger partial charge in [-0.1, -0.05) is 0 Å². The molecule has 0 radical (unpaired) electrons. The monoisotopic (exact) mass is 252 g/mol. The number of hydrogen-bond acceptors (Lipinski definition) is 4. The Labute approximate surface area is 94.9 Å². The third-order valence-corrected chi connectivity index (χ3v) is 1.82. The quantitative estimate of drug-likeness (QED) is 0.648. The van der Waals surface area contributed by atoms with Gasteiger partial charge in [0.25, 0.3) is 0 Å². The second kappa shape index (κ2) is 5.09. The highest BCUT2D eigenvalue weighted by Crippen LogP contribution is 2.15. The average molecular weight is 252 g/mol. The SMILES string of the molecule is Cn1cc(N)cc1C(=O)OCCOC(F)(F)F. The number of hydrogen-bond donors (Lipinski definition) is 1. The molecule has 5 nitrogen and oxygen atoms in total. The molecule has 0 saturated carbocycles. The van der Waals surface area contributed by atoms with Gasteiger partial charge >= 0.3 is 12.3 Å². The Balaban J connectivity index is 2.38. The Kier molecular flexibility index (Phi) is 4.00. The number of nitrogens with zero attached hydrogens (tertiary/aromatic N) is 1. The van der Waals surface area contributed by atoms with Gasteiger partial charge in [-0.05, 0) is 6.07 Å². The molecule has 0 amide bonds. The highest BCUT2D eigenvalue weighted by Gasteiger charge is 2.28. The number of esters is 1. The van der Waals surface area contributed by atoms with Gasteiger partial charge in [-0.25, -0.2) is 4.79 Å². The van der Waals surface area contributed by atoms with Crippen LogP contribution in [0.25, 0.3) is 0 Å². The molecule has 0 saturated heterocycles. The number of carbonyl (C=O) groups excluding carboxylic acids is 1. The van der Waals surface area contributed by atoms with Crippen LogP contribution in [0.5, 0.6) is 0 Å². The predicted octanol–water partition coefficient (Wildman–Crippen LogP) is 1.30. The first-order valence-electron chi connectivity index (χ1n) is 4.59. The van der Waals surface area contributed by atoms with Crippen LogP contribution in [0, 0.1) is 0 Å². The minimum absolute atomic E-state index is 0.162. The fourth-order valence-electron chi connectivity index (χ4n) is 1.16. The number of aromatic nitrogens is 1. The molecule has 1 aromatic rings. The molecule has 0 aliphatic rings. The molecule has 2 N–H and O–H groups in total. The maximum Gasteiger partial charge on any atom is 0.522 e. The van der Waals surface area contributed by atoms with Crippen LogP contribution in [-0.2, 0) is 16.5 Å². The van der Waals surface area contributed by atoms with E-state index in [2.05, 4.69) is 9.47 Å². The summed E-state index contributed by atoms with van der Waals surface area (Å²) in [6.07, 6.45) is -3.23. The lowest BCUT2D eigenvalue weighted by Crippen LogP contribution is -2.19. The van der Waals surface area contributed by atoms with Crippen molar-refractivity contribution in [2.45, 2.75) is 6.36 Å². The van der Waals surface area contributed by atoms with Crippen molar-refractivity contribution < 1.29 is 27.4 Å². The molecule has 0 aliphatic carbocycles. The lowest BCUT2D eigenvalue weighted by Gasteiger charge is -2.08. The fourth-order valence-corrected chi connectivity index (χ4v) is 1.16. The van der Waals surface area contributed by atoms with Crippen LogP contribution in [0.15, 0.2) is 12.3 Å². The third-order valence-electron chi connectivity index (χ3n) is 1.82. The van der Waals surface area contributed by atoms with Crippen molar-refractivity contribution in [3.8, 4) is 0 Å². The zero-order chi connectivity index (χ0) is 13.1. The van der Waals surface area contributed by atoms with Crippen LogP contribution in [0.4, 0.5) is 18.9 Å². The van der Waals surface area contributed by atoms with Crippen molar-refractivity contribution >= 4 is 11.7 Å². The highest BCUT2D eigenvalue weighted by atomic mass is 19.4. The Hall–Kier alpha value is -1.70. The summed E-state index contributed by atoms with van der Waals surface area (Å²) in [5.41, 5.74) is 5.96. The number of aryl methyl sites for hydroxylation is 1. The van der Waals surface area contributed by atoms with Gasteiger partial charge in [0.05, 0.1) is 12.3 Å². The maximum atomic E-state index is 11.6. The van der Waals surface area contributed by atoms with Gasteiger partial charge in [-0.3, -0.25) is 4.74 Å². The van der Waals surface area contributed by atoms with E-state index in [1.165, 1.54) is 16.8 Å². The summed E-state index contributed by atoms with van der Waals surface area (Å²) >= 11 is 0. The van der Waals surface area contributed by atoms with Crippen molar-refractivity contribution in [2.24, 2.45) is 7.05 Å². The molecule has 1 aromatic heterocycles. The molecule has 0 aromatic carbocycles. The van der Waals surface area contributed by atoms with Gasteiger partial charge in [0.15, 0.2) is 0 Å². The van der Waals surface area contributed by atoms with Crippen LogP contribution < -0.4 is 5.73 Å². The molecule has 1 heterocycles. The minimum atomic E-state index is -4.72. The summed E-state index contributed by atoms with van der Waals surface area (Å²) in [6, 6.07) is 1.37. The van der Waals surface area contributed by atoms with Gasteiger partial charge in [-0.2, -0.15) is 0 Å². The first-order chi connectivity index (χ1) is 7.79. The molecule has 0 spiro atoms. The van der Waals surface area contributed by atoms with E-state index in [0.29, 0.717) is 5.69 Å². The standard InChI is InChI=1S/C9H11F3N2O3/c1-14-5-6(13)4-7(14)8(15)16-2-3-17-9(10,11)12/h4-5H,2-3,13H2,1H3. The van der Waals surface area contributed by atoms with Crippen LogP contribution in [-0.4, -0.2) is 30.1 Å². The van der Waals surface area contributed by atoms with Crippen LogP contribution in [0.2, 0.25) is 0 Å². The molecule has 0 unspecified atom stereocenters. The molecule has 0 atom stereocenters. The first kappa shape index (κ1) is 13.4. The molecule has 0 bridgehead atoms. The Bertz CT molecular complexity index is 401. The lowest BCUT2D eigenvalue weighted by molar-refractivity contribution is -0.326. The average Bonchev–Trinajstić information content (AvgIpc) is 2.51. The van der Waals surface area contributed by atoms with Crippen molar-refractivity contribution in [3.63, 3.8) is 0 Å². The number of anilines is 1.